The molecule has 0 aromatic carbocycles. The van der Waals surface area contributed by atoms with Crippen LogP contribution in [0.4, 0.5) is 0 Å². The summed E-state index contributed by atoms with van der Waals surface area (Å²) in [5.74, 6) is 0. The molecule has 0 amide bonds. The molecule has 0 atom stereocenters. The molecule has 0 fully saturated rings. The molecule has 0 unspecified atom stereocenters. The first-order chi connectivity index (χ1) is 13.3. The van der Waals surface area contributed by atoms with Crippen molar-refractivity contribution in [3.63, 3.8) is 0 Å². The fourth-order valence-corrected chi connectivity index (χ4v) is 11.5. The van der Waals surface area contributed by atoms with Crippen molar-refractivity contribution in [1.82, 2.24) is 4.98 Å². The topological polar surface area (TPSA) is 12.9 Å². The van der Waals surface area contributed by atoms with Gasteiger partial charge in [0.15, 0.2) is 0 Å². The lowest BCUT2D eigenvalue weighted by molar-refractivity contribution is 0.457. The molecule has 0 saturated carbocycles. The SMILES string of the molecule is CC(C)(C)CP(Cc1cccc(CP(CC(C)(C)C)CC(C)(C)C)n1)CC(C)(C)C. The Balaban J connectivity index is 2.99. The summed E-state index contributed by atoms with van der Waals surface area (Å²) in [5.41, 5.74) is 4.22. The van der Waals surface area contributed by atoms with Gasteiger partial charge in [-0.1, -0.05) is 105 Å². The van der Waals surface area contributed by atoms with Gasteiger partial charge in [-0.3, -0.25) is 4.98 Å². The average Bonchev–Trinajstić information content (AvgIpc) is 2.39. The molecule has 1 rings (SSSR count). The van der Waals surface area contributed by atoms with Gasteiger partial charge < -0.3 is 0 Å². The normalized spacial score (nSPS) is 14.1. The molecule has 1 aromatic rings. The van der Waals surface area contributed by atoms with Gasteiger partial charge in [0.05, 0.1) is 0 Å². The predicted molar refractivity (Wildman–Crippen MR) is 143 cm³/mol. The Bertz CT molecular complexity index is 553. The van der Waals surface area contributed by atoms with Crippen LogP contribution in [0, 0.1) is 21.7 Å². The summed E-state index contributed by atoms with van der Waals surface area (Å²) >= 11 is 0. The van der Waals surface area contributed by atoms with E-state index in [4.69, 9.17) is 4.98 Å². The largest absolute Gasteiger partial charge is 0.257 e. The van der Waals surface area contributed by atoms with Gasteiger partial charge in [0.1, 0.15) is 0 Å². The Kier molecular flexibility index (Phi) is 10.1. The maximum absolute atomic E-state index is 5.20. The molecular formula is C27H51NP2. The number of rotatable bonds is 8. The van der Waals surface area contributed by atoms with Crippen LogP contribution in [0.2, 0.25) is 0 Å². The number of hydrogen-bond donors (Lipinski definition) is 0. The first-order valence-corrected chi connectivity index (χ1v) is 15.5. The first-order valence-electron chi connectivity index (χ1n) is 11.7. The average molecular weight is 452 g/mol. The highest BCUT2D eigenvalue weighted by molar-refractivity contribution is 7.57. The van der Waals surface area contributed by atoms with Crippen molar-refractivity contribution in [1.29, 1.82) is 0 Å². The molecule has 0 aliphatic rings. The Morgan fingerprint density at radius 1 is 0.533 bits per heavy atom. The summed E-state index contributed by atoms with van der Waals surface area (Å²) in [6.45, 7) is 28.7. The molecule has 30 heavy (non-hydrogen) atoms. The maximum Gasteiger partial charge on any atom is 0.0449 e. The highest BCUT2D eigenvalue weighted by Gasteiger charge is 2.26. The molecule has 0 aliphatic carbocycles. The summed E-state index contributed by atoms with van der Waals surface area (Å²) in [7, 11) is -0.0945. The maximum atomic E-state index is 5.20. The van der Waals surface area contributed by atoms with Crippen molar-refractivity contribution >= 4 is 15.8 Å². The Morgan fingerprint density at radius 2 is 0.800 bits per heavy atom. The zero-order chi connectivity index (χ0) is 23.4. The molecule has 0 spiro atoms. The highest BCUT2D eigenvalue weighted by Crippen LogP contribution is 2.50. The standard InChI is InChI=1S/C27H51NP2/c1-24(2,3)18-29(19-25(4,5)6)16-22-14-13-15-23(28-22)17-30(20-26(7,8)9)21-27(10,11)12/h13-15H,16-21H2,1-12H3. The molecule has 1 heterocycles. The van der Waals surface area contributed by atoms with Crippen LogP contribution in [0.3, 0.4) is 0 Å². The third-order valence-electron chi connectivity index (χ3n) is 4.43. The molecule has 0 radical (unpaired) electrons. The van der Waals surface area contributed by atoms with Gasteiger partial charge in [-0.25, -0.2) is 0 Å². The van der Waals surface area contributed by atoms with E-state index in [1.165, 1.54) is 48.4 Å². The van der Waals surface area contributed by atoms with Crippen LogP contribution >= 0.6 is 15.8 Å². The van der Waals surface area contributed by atoms with E-state index in [0.29, 0.717) is 21.7 Å². The zero-order valence-corrected chi connectivity index (χ0v) is 24.1. The lowest BCUT2D eigenvalue weighted by Crippen LogP contribution is -2.18. The van der Waals surface area contributed by atoms with Crippen molar-refractivity contribution in [2.24, 2.45) is 21.7 Å². The number of pyridine rings is 1. The molecule has 1 nitrogen and oxygen atoms in total. The second-order valence-corrected chi connectivity index (χ2v) is 18.7. The quantitative estimate of drug-likeness (QED) is 0.359. The minimum Gasteiger partial charge on any atom is -0.257 e. The fourth-order valence-electron chi connectivity index (χ4n) is 4.18. The van der Waals surface area contributed by atoms with Gasteiger partial charge in [0.25, 0.3) is 0 Å². The lowest BCUT2D eigenvalue weighted by Gasteiger charge is -2.32. The van der Waals surface area contributed by atoms with Crippen molar-refractivity contribution in [3.05, 3.63) is 29.6 Å². The van der Waals surface area contributed by atoms with E-state index in [1.54, 1.807) is 0 Å². The van der Waals surface area contributed by atoms with Crippen LogP contribution < -0.4 is 0 Å². The molecule has 0 N–H and O–H groups in total. The van der Waals surface area contributed by atoms with Crippen LogP contribution in [-0.2, 0) is 12.3 Å². The molecule has 0 saturated heterocycles. The van der Waals surface area contributed by atoms with Crippen LogP contribution in [0.5, 0.6) is 0 Å². The molecule has 3 heteroatoms. The summed E-state index contributed by atoms with van der Waals surface area (Å²) < 4.78 is 0. The Labute approximate surface area is 192 Å². The Hall–Kier alpha value is 0.01000. The highest BCUT2D eigenvalue weighted by atomic mass is 31.1. The molecule has 1 aromatic heterocycles. The number of aromatic nitrogens is 1. The molecule has 0 aliphatic heterocycles. The van der Waals surface area contributed by atoms with E-state index < -0.39 is 0 Å². The van der Waals surface area contributed by atoms with Crippen molar-refractivity contribution in [2.45, 2.75) is 95.4 Å². The monoisotopic (exact) mass is 451 g/mol. The van der Waals surface area contributed by atoms with Gasteiger partial charge in [0.2, 0.25) is 0 Å². The number of nitrogens with zero attached hydrogens (tertiary/aromatic N) is 1. The van der Waals surface area contributed by atoms with E-state index >= 15 is 0 Å². The van der Waals surface area contributed by atoms with Gasteiger partial charge >= 0.3 is 0 Å². The Morgan fingerprint density at radius 3 is 1.03 bits per heavy atom. The summed E-state index contributed by atoms with van der Waals surface area (Å²) in [5, 5.41) is 0. The second kappa shape index (κ2) is 10.8. The van der Waals surface area contributed by atoms with Crippen LogP contribution in [0.25, 0.3) is 0 Å². The van der Waals surface area contributed by atoms with E-state index in [2.05, 4.69) is 101 Å². The van der Waals surface area contributed by atoms with E-state index in [0.717, 1.165) is 0 Å². The van der Waals surface area contributed by atoms with Crippen molar-refractivity contribution in [2.75, 3.05) is 24.6 Å². The minimum atomic E-state index is -0.0473. The third-order valence-corrected chi connectivity index (χ3v) is 11.6. The van der Waals surface area contributed by atoms with Gasteiger partial charge in [-0.05, 0) is 58.4 Å². The summed E-state index contributed by atoms with van der Waals surface area (Å²) in [6.07, 6.45) is 7.65. The van der Waals surface area contributed by atoms with Crippen molar-refractivity contribution in [3.8, 4) is 0 Å². The summed E-state index contributed by atoms with van der Waals surface area (Å²) in [4.78, 5) is 5.20. The number of hydrogen-bond acceptors (Lipinski definition) is 1. The third kappa shape index (κ3) is 14.1. The van der Waals surface area contributed by atoms with E-state index in [9.17, 15) is 0 Å². The fraction of sp³-hybridized carbons (Fsp3) is 0.815. The van der Waals surface area contributed by atoms with Gasteiger partial charge in [0, 0.05) is 23.7 Å². The molecule has 0 bridgehead atoms. The van der Waals surface area contributed by atoms with Crippen molar-refractivity contribution < 1.29 is 0 Å². The summed E-state index contributed by atoms with van der Waals surface area (Å²) in [6, 6.07) is 6.82. The van der Waals surface area contributed by atoms with E-state index in [-0.39, 0.29) is 15.8 Å². The van der Waals surface area contributed by atoms with Crippen LogP contribution in [-0.4, -0.2) is 29.6 Å². The van der Waals surface area contributed by atoms with Gasteiger partial charge in [-0.15, -0.1) is 0 Å². The van der Waals surface area contributed by atoms with Gasteiger partial charge in [-0.2, -0.15) is 0 Å². The minimum absolute atomic E-state index is 0.0473. The van der Waals surface area contributed by atoms with Crippen LogP contribution in [0.1, 0.15) is 94.5 Å². The zero-order valence-electron chi connectivity index (χ0n) is 22.3. The van der Waals surface area contributed by atoms with Crippen LogP contribution in [0.15, 0.2) is 18.2 Å². The lowest BCUT2D eigenvalue weighted by atomic mass is 10.00. The molecular weight excluding hydrogens is 400 g/mol. The smallest absolute Gasteiger partial charge is 0.0449 e. The second-order valence-electron chi connectivity index (χ2n) is 14.2. The predicted octanol–water partition coefficient (Wildman–Crippen LogP) is 9.23. The molecule has 174 valence electrons. The first kappa shape index (κ1) is 28.0. The van der Waals surface area contributed by atoms with E-state index in [1.807, 2.05) is 0 Å².